The summed E-state index contributed by atoms with van der Waals surface area (Å²) in [6.45, 7) is 2.36. The molecule has 1 heterocycles. The molecular formula is C12H13BrN2O2. The number of hydrogen-bond acceptors (Lipinski definition) is 2. The standard InChI is InChI=1S/C12H13BrN2O2/c1-7-2-3-9(13)5-10(7)15-12(17)8-4-11(16)14-6-8/h2-3,5,8H,4,6H2,1H3,(H,14,16)(H,15,17). The molecule has 1 aromatic rings. The molecule has 1 fully saturated rings. The van der Waals surface area contributed by atoms with E-state index in [1.807, 2.05) is 25.1 Å². The zero-order valence-electron chi connectivity index (χ0n) is 9.42. The number of carbonyl (C=O) groups is 2. The minimum Gasteiger partial charge on any atom is -0.355 e. The summed E-state index contributed by atoms with van der Waals surface area (Å²) in [5.41, 5.74) is 1.78. The van der Waals surface area contributed by atoms with E-state index in [0.717, 1.165) is 15.7 Å². The average molecular weight is 297 g/mol. The van der Waals surface area contributed by atoms with Crippen LogP contribution in [0.4, 0.5) is 5.69 Å². The van der Waals surface area contributed by atoms with E-state index >= 15 is 0 Å². The highest BCUT2D eigenvalue weighted by Crippen LogP contribution is 2.22. The zero-order chi connectivity index (χ0) is 12.4. The van der Waals surface area contributed by atoms with E-state index < -0.39 is 0 Å². The van der Waals surface area contributed by atoms with E-state index in [9.17, 15) is 9.59 Å². The predicted molar refractivity (Wildman–Crippen MR) is 68.6 cm³/mol. The fraction of sp³-hybridized carbons (Fsp3) is 0.333. The van der Waals surface area contributed by atoms with Gasteiger partial charge in [-0.05, 0) is 24.6 Å². The molecule has 4 nitrogen and oxygen atoms in total. The molecule has 1 saturated heterocycles. The minimum absolute atomic E-state index is 0.0592. The monoisotopic (exact) mass is 296 g/mol. The van der Waals surface area contributed by atoms with Crippen LogP contribution in [0.1, 0.15) is 12.0 Å². The Kier molecular flexibility index (Phi) is 3.47. The highest BCUT2D eigenvalue weighted by atomic mass is 79.9. The molecule has 1 atom stereocenters. The van der Waals surface area contributed by atoms with Gasteiger partial charge in [0.1, 0.15) is 0 Å². The average Bonchev–Trinajstić information content (AvgIpc) is 2.70. The predicted octanol–water partition coefficient (Wildman–Crippen LogP) is 1.83. The molecule has 1 unspecified atom stereocenters. The quantitative estimate of drug-likeness (QED) is 0.875. The maximum absolute atomic E-state index is 11.9. The Balaban J connectivity index is 2.07. The van der Waals surface area contributed by atoms with E-state index in [1.165, 1.54) is 0 Å². The van der Waals surface area contributed by atoms with Gasteiger partial charge in [0.25, 0.3) is 0 Å². The van der Waals surface area contributed by atoms with E-state index in [-0.39, 0.29) is 24.2 Å². The smallest absolute Gasteiger partial charge is 0.229 e. The first kappa shape index (κ1) is 12.1. The van der Waals surface area contributed by atoms with Crippen molar-refractivity contribution in [3.63, 3.8) is 0 Å². The molecule has 1 aliphatic rings. The van der Waals surface area contributed by atoms with Crippen LogP contribution < -0.4 is 10.6 Å². The molecule has 0 aliphatic carbocycles. The first-order valence-electron chi connectivity index (χ1n) is 5.40. The molecule has 0 radical (unpaired) electrons. The third-order valence-electron chi connectivity index (χ3n) is 2.81. The number of rotatable bonds is 2. The SMILES string of the molecule is Cc1ccc(Br)cc1NC(=O)C1CNC(=O)C1. The molecule has 1 aromatic carbocycles. The number of hydrogen-bond donors (Lipinski definition) is 2. The highest BCUT2D eigenvalue weighted by Gasteiger charge is 2.28. The van der Waals surface area contributed by atoms with Gasteiger partial charge in [-0.15, -0.1) is 0 Å². The van der Waals surface area contributed by atoms with Gasteiger partial charge in [0.15, 0.2) is 0 Å². The normalized spacial score (nSPS) is 18.9. The van der Waals surface area contributed by atoms with Crippen LogP contribution in [0.15, 0.2) is 22.7 Å². The summed E-state index contributed by atoms with van der Waals surface area (Å²) in [6.07, 6.45) is 0.277. The van der Waals surface area contributed by atoms with Crippen LogP contribution in [-0.2, 0) is 9.59 Å². The van der Waals surface area contributed by atoms with Crippen molar-refractivity contribution in [2.45, 2.75) is 13.3 Å². The lowest BCUT2D eigenvalue weighted by molar-refractivity contribution is -0.123. The van der Waals surface area contributed by atoms with Crippen molar-refractivity contribution in [2.75, 3.05) is 11.9 Å². The molecule has 0 saturated carbocycles. The third kappa shape index (κ3) is 2.85. The summed E-state index contributed by atoms with van der Waals surface area (Å²) in [6, 6.07) is 5.71. The number of aryl methyl sites for hydroxylation is 1. The number of anilines is 1. The molecule has 2 N–H and O–H groups in total. The fourth-order valence-corrected chi connectivity index (χ4v) is 2.12. The van der Waals surface area contributed by atoms with Crippen molar-refractivity contribution in [3.8, 4) is 0 Å². The van der Waals surface area contributed by atoms with Gasteiger partial charge < -0.3 is 10.6 Å². The maximum Gasteiger partial charge on any atom is 0.229 e. The van der Waals surface area contributed by atoms with Gasteiger partial charge in [-0.25, -0.2) is 0 Å². The summed E-state index contributed by atoms with van der Waals surface area (Å²) in [5.74, 6) is -0.429. The molecule has 90 valence electrons. The summed E-state index contributed by atoms with van der Waals surface area (Å²) >= 11 is 3.36. The molecule has 0 spiro atoms. The fourth-order valence-electron chi connectivity index (χ4n) is 1.75. The van der Waals surface area contributed by atoms with Gasteiger partial charge in [-0.2, -0.15) is 0 Å². The molecule has 5 heteroatoms. The van der Waals surface area contributed by atoms with Crippen LogP contribution in [-0.4, -0.2) is 18.4 Å². The molecule has 2 amide bonds. The highest BCUT2D eigenvalue weighted by molar-refractivity contribution is 9.10. The molecular weight excluding hydrogens is 284 g/mol. The van der Waals surface area contributed by atoms with Gasteiger partial charge in [0.2, 0.25) is 11.8 Å². The van der Waals surface area contributed by atoms with Gasteiger partial charge >= 0.3 is 0 Å². The van der Waals surface area contributed by atoms with Crippen LogP contribution in [0, 0.1) is 12.8 Å². The first-order valence-corrected chi connectivity index (χ1v) is 6.19. The number of halogens is 1. The number of carbonyl (C=O) groups excluding carboxylic acids is 2. The van der Waals surface area contributed by atoms with E-state index in [4.69, 9.17) is 0 Å². The van der Waals surface area contributed by atoms with Crippen LogP contribution in [0.25, 0.3) is 0 Å². The minimum atomic E-state index is -0.263. The van der Waals surface area contributed by atoms with Crippen LogP contribution in [0.5, 0.6) is 0 Å². The van der Waals surface area contributed by atoms with Crippen LogP contribution in [0.3, 0.4) is 0 Å². The second kappa shape index (κ2) is 4.87. The molecule has 1 aliphatic heterocycles. The summed E-state index contributed by atoms with van der Waals surface area (Å²) in [7, 11) is 0. The number of nitrogens with one attached hydrogen (secondary N) is 2. The first-order chi connectivity index (χ1) is 8.06. The van der Waals surface area contributed by atoms with Crippen molar-refractivity contribution in [1.82, 2.24) is 5.32 Å². The summed E-state index contributed by atoms with van der Waals surface area (Å²) < 4.78 is 0.916. The van der Waals surface area contributed by atoms with Gasteiger partial charge in [-0.1, -0.05) is 22.0 Å². The van der Waals surface area contributed by atoms with Gasteiger partial charge in [0, 0.05) is 23.1 Å². The topological polar surface area (TPSA) is 58.2 Å². The number of benzene rings is 1. The zero-order valence-corrected chi connectivity index (χ0v) is 11.0. The molecule has 2 rings (SSSR count). The Hall–Kier alpha value is -1.36. The van der Waals surface area contributed by atoms with Gasteiger partial charge in [-0.3, -0.25) is 9.59 Å². The van der Waals surface area contributed by atoms with E-state index in [1.54, 1.807) is 0 Å². The lowest BCUT2D eigenvalue weighted by Crippen LogP contribution is -2.25. The Labute approximate surface area is 108 Å². The summed E-state index contributed by atoms with van der Waals surface area (Å²) in [4.78, 5) is 22.9. The second-order valence-corrected chi connectivity index (χ2v) is 5.07. The Morgan fingerprint density at radius 3 is 2.94 bits per heavy atom. The lowest BCUT2D eigenvalue weighted by Gasteiger charge is -2.11. The van der Waals surface area contributed by atoms with Crippen LogP contribution >= 0.6 is 15.9 Å². The van der Waals surface area contributed by atoms with Crippen molar-refractivity contribution in [2.24, 2.45) is 5.92 Å². The largest absolute Gasteiger partial charge is 0.355 e. The van der Waals surface area contributed by atoms with Crippen LogP contribution in [0.2, 0.25) is 0 Å². The van der Waals surface area contributed by atoms with Crippen molar-refractivity contribution < 1.29 is 9.59 Å². The van der Waals surface area contributed by atoms with Gasteiger partial charge in [0.05, 0.1) is 5.92 Å². The Bertz CT molecular complexity index is 474. The van der Waals surface area contributed by atoms with E-state index in [2.05, 4.69) is 26.6 Å². The lowest BCUT2D eigenvalue weighted by atomic mass is 10.1. The second-order valence-electron chi connectivity index (χ2n) is 4.15. The number of amides is 2. The Morgan fingerprint density at radius 1 is 1.53 bits per heavy atom. The molecule has 0 aromatic heterocycles. The van der Waals surface area contributed by atoms with E-state index in [0.29, 0.717) is 6.54 Å². The third-order valence-corrected chi connectivity index (χ3v) is 3.30. The maximum atomic E-state index is 11.9. The summed E-state index contributed by atoms with van der Waals surface area (Å²) in [5, 5.41) is 5.51. The van der Waals surface area contributed by atoms with Crippen molar-refractivity contribution in [1.29, 1.82) is 0 Å². The molecule has 0 bridgehead atoms. The molecule has 17 heavy (non-hydrogen) atoms. The van der Waals surface area contributed by atoms with Crippen molar-refractivity contribution in [3.05, 3.63) is 28.2 Å². The Morgan fingerprint density at radius 2 is 2.29 bits per heavy atom. The van der Waals surface area contributed by atoms with Crippen molar-refractivity contribution >= 4 is 33.4 Å².